The van der Waals surface area contributed by atoms with Crippen molar-refractivity contribution in [3.05, 3.63) is 0 Å². The number of rotatable bonds is 1. The summed E-state index contributed by atoms with van der Waals surface area (Å²) < 4.78 is 12.9. The smallest absolute Gasteiger partial charge is 0.205 e. The molecule has 0 N–H and O–H groups in total. The molecule has 0 aromatic heterocycles. The van der Waals surface area contributed by atoms with Gasteiger partial charge in [-0.05, 0) is 12.8 Å². The number of halogens is 1. The van der Waals surface area contributed by atoms with E-state index in [1.807, 2.05) is 0 Å². The molecule has 2 rings (SSSR count). The van der Waals surface area contributed by atoms with E-state index in [1.54, 1.807) is 13.8 Å². The van der Waals surface area contributed by atoms with Crippen LogP contribution >= 0.6 is 0 Å². The zero-order valence-corrected chi connectivity index (χ0v) is 7.89. The third-order valence-electron chi connectivity index (χ3n) is 4.28. The van der Waals surface area contributed by atoms with Crippen LogP contribution in [-0.2, 0) is 9.59 Å². The first-order chi connectivity index (χ1) is 5.97. The van der Waals surface area contributed by atoms with E-state index in [2.05, 4.69) is 0 Å². The molecule has 3 heteroatoms. The number of ketones is 2. The lowest BCUT2D eigenvalue weighted by Gasteiger charge is -2.32. The van der Waals surface area contributed by atoms with E-state index in [0.29, 0.717) is 12.8 Å². The van der Waals surface area contributed by atoms with Crippen LogP contribution in [0.5, 0.6) is 0 Å². The van der Waals surface area contributed by atoms with Crippen molar-refractivity contribution in [2.45, 2.75) is 26.7 Å². The van der Waals surface area contributed by atoms with E-state index in [1.165, 1.54) is 0 Å². The average molecular weight is 184 g/mol. The summed E-state index contributed by atoms with van der Waals surface area (Å²) >= 11 is 0. The van der Waals surface area contributed by atoms with Gasteiger partial charge in [-0.2, -0.15) is 0 Å². The minimum absolute atomic E-state index is 0.339. The second kappa shape index (κ2) is 2.20. The van der Waals surface area contributed by atoms with Crippen LogP contribution in [-0.4, -0.2) is 18.2 Å². The molecule has 3 unspecified atom stereocenters. The Balaban J connectivity index is 2.55. The maximum Gasteiger partial charge on any atom is 0.205 e. The summed E-state index contributed by atoms with van der Waals surface area (Å²) in [5.41, 5.74) is -1.44. The Morgan fingerprint density at radius 1 is 1.46 bits per heavy atom. The molecule has 2 bridgehead atoms. The first-order valence-corrected chi connectivity index (χ1v) is 4.62. The van der Waals surface area contributed by atoms with E-state index in [9.17, 15) is 14.0 Å². The van der Waals surface area contributed by atoms with E-state index in [0.717, 1.165) is 0 Å². The molecule has 13 heavy (non-hydrogen) atoms. The highest BCUT2D eigenvalue weighted by Gasteiger charge is 2.68. The fourth-order valence-corrected chi connectivity index (χ4v) is 2.89. The van der Waals surface area contributed by atoms with Crippen LogP contribution in [0.15, 0.2) is 0 Å². The summed E-state index contributed by atoms with van der Waals surface area (Å²) in [5, 5.41) is 0. The van der Waals surface area contributed by atoms with Gasteiger partial charge in [0, 0.05) is 16.7 Å². The minimum atomic E-state index is -0.721. The first-order valence-electron chi connectivity index (χ1n) is 4.62. The van der Waals surface area contributed by atoms with Gasteiger partial charge < -0.3 is 0 Å². The van der Waals surface area contributed by atoms with Crippen molar-refractivity contribution in [2.75, 3.05) is 6.67 Å². The first kappa shape index (κ1) is 8.85. The molecular formula is C10H13FO2. The minimum Gasteiger partial charge on any atom is -0.291 e. The van der Waals surface area contributed by atoms with Crippen LogP contribution in [0.1, 0.15) is 26.7 Å². The Morgan fingerprint density at radius 2 is 2.08 bits per heavy atom. The van der Waals surface area contributed by atoms with Gasteiger partial charge in [-0.3, -0.25) is 14.0 Å². The highest BCUT2D eigenvalue weighted by molar-refractivity contribution is 6.43. The van der Waals surface area contributed by atoms with Gasteiger partial charge in [0.05, 0.1) is 6.67 Å². The normalized spacial score (nSPS) is 49.0. The third kappa shape index (κ3) is 0.697. The quantitative estimate of drug-likeness (QED) is 0.579. The van der Waals surface area contributed by atoms with E-state index >= 15 is 0 Å². The fourth-order valence-electron chi connectivity index (χ4n) is 2.89. The molecule has 2 nitrogen and oxygen atoms in total. The van der Waals surface area contributed by atoms with E-state index in [4.69, 9.17) is 0 Å². The predicted molar refractivity (Wildman–Crippen MR) is 44.9 cm³/mol. The van der Waals surface area contributed by atoms with Crippen molar-refractivity contribution in [1.82, 2.24) is 0 Å². The maximum absolute atomic E-state index is 12.9. The highest BCUT2D eigenvalue weighted by Crippen LogP contribution is 2.62. The molecule has 3 atom stereocenters. The van der Waals surface area contributed by atoms with Gasteiger partial charge in [-0.25, -0.2) is 0 Å². The molecule has 0 amide bonds. The summed E-state index contributed by atoms with van der Waals surface area (Å²) in [6.45, 7) is 2.90. The van der Waals surface area contributed by atoms with Gasteiger partial charge in [0.1, 0.15) is 0 Å². The zero-order chi connectivity index (χ0) is 9.85. The molecule has 72 valence electrons. The number of hydrogen-bond donors (Lipinski definition) is 0. The SMILES string of the molecule is CC12CCC(C(=O)C1=O)C2(C)CF. The van der Waals surface area contributed by atoms with E-state index < -0.39 is 17.5 Å². The van der Waals surface area contributed by atoms with Crippen molar-refractivity contribution in [1.29, 1.82) is 0 Å². The van der Waals surface area contributed by atoms with Gasteiger partial charge in [0.25, 0.3) is 0 Å². The lowest BCUT2D eigenvalue weighted by molar-refractivity contribution is -0.141. The Kier molecular flexibility index (Phi) is 1.49. The predicted octanol–water partition coefficient (Wildman–Crippen LogP) is 1.53. The van der Waals surface area contributed by atoms with Gasteiger partial charge >= 0.3 is 0 Å². The number of Topliss-reactive ketones (excluding diaryl/α,β-unsaturated/α-hetero) is 2. The topological polar surface area (TPSA) is 34.1 Å². The van der Waals surface area contributed by atoms with Gasteiger partial charge in [0.15, 0.2) is 0 Å². The number of carbonyl (C=O) groups is 2. The molecule has 2 aliphatic carbocycles. The van der Waals surface area contributed by atoms with Crippen LogP contribution in [0.4, 0.5) is 4.39 Å². The maximum atomic E-state index is 12.9. The molecule has 2 aliphatic rings. The number of fused-ring (bicyclic) bond motifs is 2. The van der Waals surface area contributed by atoms with Crippen LogP contribution in [0.2, 0.25) is 0 Å². The molecule has 2 fully saturated rings. The number of alkyl halides is 1. The summed E-state index contributed by atoms with van der Waals surface area (Å²) in [6, 6.07) is 0. The molecule has 0 spiro atoms. The van der Waals surface area contributed by atoms with Gasteiger partial charge in [-0.1, -0.05) is 13.8 Å². The summed E-state index contributed by atoms with van der Waals surface area (Å²) in [7, 11) is 0. The lowest BCUT2D eigenvalue weighted by Crippen LogP contribution is -2.36. The molecule has 0 radical (unpaired) electrons. The molecule has 0 saturated heterocycles. The second-order valence-electron chi connectivity index (χ2n) is 4.67. The fraction of sp³-hybridized carbons (Fsp3) is 0.800. The van der Waals surface area contributed by atoms with E-state index in [-0.39, 0.29) is 17.5 Å². The molecule has 0 heterocycles. The summed E-state index contributed by atoms with van der Waals surface area (Å²) in [5.74, 6) is -1.03. The number of carbonyl (C=O) groups excluding carboxylic acids is 2. The Labute approximate surface area is 76.5 Å². The largest absolute Gasteiger partial charge is 0.291 e. The Hall–Kier alpha value is -0.730. The summed E-state index contributed by atoms with van der Waals surface area (Å²) in [6.07, 6.45) is 1.35. The highest BCUT2D eigenvalue weighted by atomic mass is 19.1. The van der Waals surface area contributed by atoms with Crippen LogP contribution < -0.4 is 0 Å². The zero-order valence-electron chi connectivity index (χ0n) is 7.89. The van der Waals surface area contributed by atoms with Crippen molar-refractivity contribution >= 4 is 11.6 Å². The van der Waals surface area contributed by atoms with Crippen molar-refractivity contribution in [3.8, 4) is 0 Å². The molecule has 0 aromatic rings. The van der Waals surface area contributed by atoms with Gasteiger partial charge in [-0.15, -0.1) is 0 Å². The molecule has 0 aromatic carbocycles. The monoisotopic (exact) mass is 184 g/mol. The van der Waals surface area contributed by atoms with Crippen LogP contribution in [0.25, 0.3) is 0 Å². The lowest BCUT2D eigenvalue weighted by atomic mass is 9.70. The molecule has 0 aliphatic heterocycles. The Bertz CT molecular complexity index is 299. The van der Waals surface area contributed by atoms with Crippen LogP contribution in [0, 0.1) is 16.7 Å². The van der Waals surface area contributed by atoms with Crippen molar-refractivity contribution < 1.29 is 14.0 Å². The van der Waals surface area contributed by atoms with Gasteiger partial charge in [0.2, 0.25) is 11.6 Å². The summed E-state index contributed by atoms with van der Waals surface area (Å²) in [4.78, 5) is 23.0. The third-order valence-corrected chi connectivity index (χ3v) is 4.28. The Morgan fingerprint density at radius 3 is 2.38 bits per heavy atom. The van der Waals surface area contributed by atoms with Crippen LogP contribution in [0.3, 0.4) is 0 Å². The standard InChI is InChI=1S/C10H13FO2/c1-9-4-3-6(7(12)8(9)13)10(9,2)5-11/h6H,3-5H2,1-2H3. The number of hydrogen-bond acceptors (Lipinski definition) is 2. The molecular weight excluding hydrogens is 171 g/mol. The van der Waals surface area contributed by atoms with Crippen molar-refractivity contribution in [2.24, 2.45) is 16.7 Å². The molecule has 2 saturated carbocycles. The van der Waals surface area contributed by atoms with Crippen molar-refractivity contribution in [3.63, 3.8) is 0 Å². The average Bonchev–Trinajstić information content (AvgIpc) is 2.44. The second-order valence-corrected chi connectivity index (χ2v) is 4.67.